The number of nitrogens with zero attached hydrogens (tertiary/aromatic N) is 2. The molecule has 142 valence electrons. The average Bonchev–Trinajstić information content (AvgIpc) is 3.37. The standard InChI is InChI=1S/C22H21N3O3/c26-22(21-17(11-14-27-21)15-28-18-7-2-1-3-8-18)23-12-6-13-25-16-24-19-9-4-5-10-20(19)25/h1-5,7-11,14,16H,6,12-13,15H2,(H,23,26). The van der Waals surface area contributed by atoms with Crippen LogP contribution in [0.15, 0.2) is 77.7 Å². The summed E-state index contributed by atoms with van der Waals surface area (Å²) in [5.74, 6) is 0.818. The molecular weight excluding hydrogens is 354 g/mol. The molecule has 0 unspecified atom stereocenters. The van der Waals surface area contributed by atoms with E-state index >= 15 is 0 Å². The van der Waals surface area contributed by atoms with Crippen molar-refractivity contribution in [3.05, 3.63) is 84.6 Å². The van der Waals surface area contributed by atoms with Gasteiger partial charge in [0.05, 0.1) is 23.6 Å². The second-order valence-electron chi connectivity index (χ2n) is 6.41. The van der Waals surface area contributed by atoms with Crippen LogP contribution in [0.4, 0.5) is 0 Å². The van der Waals surface area contributed by atoms with Gasteiger partial charge in [0.15, 0.2) is 5.76 Å². The predicted octanol–water partition coefficient (Wildman–Crippen LogP) is 4.03. The molecule has 1 amide bonds. The number of para-hydroxylation sites is 3. The first-order valence-electron chi connectivity index (χ1n) is 9.23. The summed E-state index contributed by atoms with van der Waals surface area (Å²) in [7, 11) is 0. The van der Waals surface area contributed by atoms with Crippen molar-refractivity contribution in [2.24, 2.45) is 0 Å². The van der Waals surface area contributed by atoms with Crippen LogP contribution in [0.2, 0.25) is 0 Å². The molecule has 0 bridgehead atoms. The van der Waals surface area contributed by atoms with E-state index in [1.807, 2.05) is 60.9 Å². The summed E-state index contributed by atoms with van der Waals surface area (Å²) in [5.41, 5.74) is 2.80. The fourth-order valence-corrected chi connectivity index (χ4v) is 3.05. The third kappa shape index (κ3) is 4.06. The lowest BCUT2D eigenvalue weighted by Gasteiger charge is -2.08. The summed E-state index contributed by atoms with van der Waals surface area (Å²) < 4.78 is 13.2. The Morgan fingerprint density at radius 1 is 1.07 bits per heavy atom. The monoisotopic (exact) mass is 375 g/mol. The van der Waals surface area contributed by atoms with E-state index in [0.717, 1.165) is 35.3 Å². The van der Waals surface area contributed by atoms with E-state index in [2.05, 4.69) is 14.9 Å². The molecule has 4 aromatic rings. The molecular formula is C22H21N3O3. The van der Waals surface area contributed by atoms with Crippen LogP contribution in [-0.4, -0.2) is 22.0 Å². The summed E-state index contributed by atoms with van der Waals surface area (Å²) in [5, 5.41) is 2.91. The molecule has 0 aliphatic heterocycles. The first-order valence-corrected chi connectivity index (χ1v) is 9.23. The number of fused-ring (bicyclic) bond motifs is 1. The number of amides is 1. The molecule has 1 N–H and O–H groups in total. The highest BCUT2D eigenvalue weighted by molar-refractivity contribution is 5.92. The van der Waals surface area contributed by atoms with Crippen LogP contribution in [-0.2, 0) is 13.2 Å². The summed E-state index contributed by atoms with van der Waals surface area (Å²) in [6.07, 6.45) is 4.14. The lowest BCUT2D eigenvalue weighted by Crippen LogP contribution is -2.25. The second-order valence-corrected chi connectivity index (χ2v) is 6.41. The maximum Gasteiger partial charge on any atom is 0.287 e. The Hall–Kier alpha value is -3.54. The van der Waals surface area contributed by atoms with Crippen molar-refractivity contribution in [1.29, 1.82) is 0 Å². The van der Waals surface area contributed by atoms with Gasteiger partial charge < -0.3 is 19.0 Å². The van der Waals surface area contributed by atoms with Gasteiger partial charge in [0.2, 0.25) is 0 Å². The Balaban J connectivity index is 1.28. The van der Waals surface area contributed by atoms with Gasteiger partial charge in [0.1, 0.15) is 12.4 Å². The average molecular weight is 375 g/mol. The second kappa shape index (κ2) is 8.43. The maximum atomic E-state index is 12.4. The van der Waals surface area contributed by atoms with Crippen LogP contribution in [0.5, 0.6) is 5.75 Å². The molecule has 6 heteroatoms. The molecule has 0 aliphatic carbocycles. The van der Waals surface area contributed by atoms with Gasteiger partial charge in [0.25, 0.3) is 5.91 Å². The van der Waals surface area contributed by atoms with Crippen molar-refractivity contribution >= 4 is 16.9 Å². The Bertz CT molecular complexity index is 1050. The molecule has 2 aromatic carbocycles. The van der Waals surface area contributed by atoms with Gasteiger partial charge in [-0.1, -0.05) is 30.3 Å². The summed E-state index contributed by atoms with van der Waals surface area (Å²) in [6, 6.07) is 19.3. The maximum absolute atomic E-state index is 12.4. The van der Waals surface area contributed by atoms with Crippen molar-refractivity contribution in [3.63, 3.8) is 0 Å². The highest BCUT2D eigenvalue weighted by Crippen LogP contribution is 2.16. The number of aromatic nitrogens is 2. The molecule has 0 radical (unpaired) electrons. The molecule has 28 heavy (non-hydrogen) atoms. The number of furan rings is 1. The van der Waals surface area contributed by atoms with E-state index in [1.165, 1.54) is 6.26 Å². The third-order valence-electron chi connectivity index (χ3n) is 4.48. The lowest BCUT2D eigenvalue weighted by atomic mass is 10.2. The van der Waals surface area contributed by atoms with Gasteiger partial charge in [-0.05, 0) is 36.8 Å². The SMILES string of the molecule is O=C(NCCCn1cnc2ccccc21)c1occc1COc1ccccc1. The molecule has 0 saturated heterocycles. The number of carbonyl (C=O) groups is 1. The van der Waals surface area contributed by atoms with Gasteiger partial charge in [-0.15, -0.1) is 0 Å². The van der Waals surface area contributed by atoms with Crippen LogP contribution >= 0.6 is 0 Å². The van der Waals surface area contributed by atoms with E-state index in [-0.39, 0.29) is 12.5 Å². The van der Waals surface area contributed by atoms with Gasteiger partial charge in [0, 0.05) is 18.7 Å². The summed E-state index contributed by atoms with van der Waals surface area (Å²) in [4.78, 5) is 16.8. The topological polar surface area (TPSA) is 69.3 Å². The van der Waals surface area contributed by atoms with Gasteiger partial charge >= 0.3 is 0 Å². The minimum atomic E-state index is -0.229. The van der Waals surface area contributed by atoms with Gasteiger partial charge in [-0.25, -0.2) is 4.98 Å². The van der Waals surface area contributed by atoms with Crippen molar-refractivity contribution in [1.82, 2.24) is 14.9 Å². The first kappa shape index (κ1) is 17.9. The number of aryl methyl sites for hydroxylation is 1. The molecule has 0 saturated carbocycles. The molecule has 6 nitrogen and oxygen atoms in total. The van der Waals surface area contributed by atoms with Gasteiger partial charge in [-0.2, -0.15) is 0 Å². The van der Waals surface area contributed by atoms with E-state index < -0.39 is 0 Å². The largest absolute Gasteiger partial charge is 0.489 e. The minimum Gasteiger partial charge on any atom is -0.489 e. The number of hydrogen-bond acceptors (Lipinski definition) is 4. The summed E-state index contributed by atoms with van der Waals surface area (Å²) >= 11 is 0. The molecule has 0 fully saturated rings. The van der Waals surface area contributed by atoms with Crippen LogP contribution in [0.25, 0.3) is 11.0 Å². The predicted molar refractivity (Wildman–Crippen MR) is 106 cm³/mol. The van der Waals surface area contributed by atoms with Crippen LogP contribution in [0.1, 0.15) is 22.5 Å². The minimum absolute atomic E-state index is 0.229. The zero-order valence-electron chi connectivity index (χ0n) is 15.4. The zero-order valence-corrected chi connectivity index (χ0v) is 15.4. The molecule has 0 spiro atoms. The van der Waals surface area contributed by atoms with Crippen LogP contribution in [0, 0.1) is 0 Å². The molecule has 2 heterocycles. The van der Waals surface area contributed by atoms with E-state index in [0.29, 0.717) is 12.3 Å². The number of carbonyl (C=O) groups excluding carboxylic acids is 1. The Labute approximate surface area is 162 Å². The van der Waals surface area contributed by atoms with E-state index in [9.17, 15) is 4.79 Å². The number of benzene rings is 2. The normalized spacial score (nSPS) is 10.9. The molecule has 2 aromatic heterocycles. The van der Waals surface area contributed by atoms with Crippen molar-refractivity contribution < 1.29 is 13.9 Å². The number of hydrogen-bond donors (Lipinski definition) is 1. The smallest absolute Gasteiger partial charge is 0.287 e. The fourth-order valence-electron chi connectivity index (χ4n) is 3.05. The zero-order chi connectivity index (χ0) is 19.2. The van der Waals surface area contributed by atoms with Crippen molar-refractivity contribution in [3.8, 4) is 5.75 Å². The number of ether oxygens (including phenoxy) is 1. The van der Waals surface area contributed by atoms with E-state index in [1.54, 1.807) is 6.07 Å². The quantitative estimate of drug-likeness (QED) is 0.472. The summed E-state index contributed by atoms with van der Waals surface area (Å²) in [6.45, 7) is 1.61. The fraction of sp³-hybridized carbons (Fsp3) is 0.182. The Morgan fingerprint density at radius 3 is 2.79 bits per heavy atom. The molecule has 4 rings (SSSR count). The number of imidazole rings is 1. The highest BCUT2D eigenvalue weighted by atomic mass is 16.5. The number of nitrogens with one attached hydrogen (secondary N) is 1. The van der Waals surface area contributed by atoms with E-state index in [4.69, 9.17) is 9.15 Å². The van der Waals surface area contributed by atoms with Crippen LogP contribution < -0.4 is 10.1 Å². The molecule has 0 atom stereocenters. The first-order chi connectivity index (χ1) is 13.8. The third-order valence-corrected chi connectivity index (χ3v) is 4.48. The lowest BCUT2D eigenvalue weighted by molar-refractivity contribution is 0.0921. The van der Waals surface area contributed by atoms with Gasteiger partial charge in [-0.3, -0.25) is 4.79 Å². The van der Waals surface area contributed by atoms with Crippen molar-refractivity contribution in [2.45, 2.75) is 19.6 Å². The number of rotatable bonds is 8. The van der Waals surface area contributed by atoms with Crippen molar-refractivity contribution in [2.75, 3.05) is 6.54 Å². The molecule has 0 aliphatic rings. The van der Waals surface area contributed by atoms with Crippen LogP contribution in [0.3, 0.4) is 0 Å². The Kier molecular flexibility index (Phi) is 5.38. The Morgan fingerprint density at radius 2 is 1.89 bits per heavy atom. The highest BCUT2D eigenvalue weighted by Gasteiger charge is 2.15.